The molecule has 2 amide bonds. The number of hydrogen-bond acceptors (Lipinski definition) is 3. The van der Waals surface area contributed by atoms with Crippen LogP contribution in [-0.2, 0) is 16.0 Å². The molecule has 106 valence electrons. The van der Waals surface area contributed by atoms with Crippen molar-refractivity contribution in [3.63, 3.8) is 0 Å². The molecule has 5 nitrogen and oxygen atoms in total. The van der Waals surface area contributed by atoms with Crippen molar-refractivity contribution in [2.24, 2.45) is 5.41 Å². The van der Waals surface area contributed by atoms with E-state index in [1.54, 1.807) is 11.8 Å². The third-order valence-electron chi connectivity index (χ3n) is 4.16. The highest BCUT2D eigenvalue weighted by atomic mass is 16.6. The van der Waals surface area contributed by atoms with Crippen LogP contribution >= 0.6 is 0 Å². The lowest BCUT2D eigenvalue weighted by Crippen LogP contribution is -2.44. The lowest BCUT2D eigenvalue weighted by atomic mass is 9.77. The molecule has 3 rings (SSSR count). The molecule has 2 heterocycles. The number of anilines is 1. The van der Waals surface area contributed by atoms with Gasteiger partial charge in [0.25, 0.3) is 0 Å². The number of nitrogens with zero attached hydrogens (tertiary/aromatic N) is 1. The molecule has 1 saturated heterocycles. The molecular formula is C15H18N2O3. The van der Waals surface area contributed by atoms with E-state index in [0.29, 0.717) is 32.5 Å². The van der Waals surface area contributed by atoms with Crippen molar-refractivity contribution in [2.75, 3.05) is 25.0 Å². The van der Waals surface area contributed by atoms with E-state index >= 15 is 0 Å². The minimum Gasteiger partial charge on any atom is -0.450 e. The highest BCUT2D eigenvalue weighted by molar-refractivity contribution is 5.99. The summed E-state index contributed by atoms with van der Waals surface area (Å²) in [4.78, 5) is 25.8. The van der Waals surface area contributed by atoms with Crippen molar-refractivity contribution in [2.45, 2.75) is 19.8 Å². The second kappa shape index (κ2) is 4.81. The third-order valence-corrected chi connectivity index (χ3v) is 4.16. The smallest absolute Gasteiger partial charge is 0.409 e. The van der Waals surface area contributed by atoms with E-state index in [9.17, 15) is 9.59 Å². The third kappa shape index (κ3) is 2.03. The maximum Gasteiger partial charge on any atom is 0.409 e. The van der Waals surface area contributed by atoms with E-state index in [2.05, 4.69) is 5.32 Å². The first kappa shape index (κ1) is 13.0. The second-order valence-electron chi connectivity index (χ2n) is 5.44. The van der Waals surface area contributed by atoms with Crippen molar-refractivity contribution in [3.05, 3.63) is 29.8 Å². The summed E-state index contributed by atoms with van der Waals surface area (Å²) >= 11 is 0. The summed E-state index contributed by atoms with van der Waals surface area (Å²) in [6, 6.07) is 7.83. The molecule has 0 bridgehead atoms. The normalized spacial score (nSPS) is 24.4. The predicted octanol–water partition coefficient (Wildman–Crippen LogP) is 2.03. The quantitative estimate of drug-likeness (QED) is 0.852. The van der Waals surface area contributed by atoms with E-state index < -0.39 is 5.41 Å². The number of carbonyl (C=O) groups is 2. The van der Waals surface area contributed by atoms with Crippen molar-refractivity contribution < 1.29 is 14.3 Å². The van der Waals surface area contributed by atoms with Gasteiger partial charge in [-0.3, -0.25) is 4.79 Å². The van der Waals surface area contributed by atoms with Crippen LogP contribution in [0.2, 0.25) is 0 Å². The van der Waals surface area contributed by atoms with E-state index in [1.807, 2.05) is 24.3 Å². The van der Waals surface area contributed by atoms with Gasteiger partial charge in [-0.2, -0.15) is 0 Å². The van der Waals surface area contributed by atoms with Crippen LogP contribution in [-0.4, -0.2) is 36.6 Å². The van der Waals surface area contributed by atoms with Gasteiger partial charge in [-0.15, -0.1) is 0 Å². The van der Waals surface area contributed by atoms with Gasteiger partial charge in [0.1, 0.15) is 0 Å². The predicted molar refractivity (Wildman–Crippen MR) is 74.4 cm³/mol. The summed E-state index contributed by atoms with van der Waals surface area (Å²) < 4.78 is 5.02. The van der Waals surface area contributed by atoms with Gasteiger partial charge in [-0.1, -0.05) is 18.2 Å². The van der Waals surface area contributed by atoms with Gasteiger partial charge in [0.15, 0.2) is 0 Å². The maximum absolute atomic E-state index is 12.4. The zero-order valence-electron chi connectivity index (χ0n) is 11.5. The molecular weight excluding hydrogens is 256 g/mol. The Balaban J connectivity index is 1.81. The van der Waals surface area contributed by atoms with Gasteiger partial charge in [0.2, 0.25) is 5.91 Å². The van der Waals surface area contributed by atoms with E-state index in [4.69, 9.17) is 4.74 Å². The highest BCUT2D eigenvalue weighted by Gasteiger charge is 2.48. The van der Waals surface area contributed by atoms with Crippen molar-refractivity contribution in [1.29, 1.82) is 0 Å². The van der Waals surface area contributed by atoms with Crippen molar-refractivity contribution in [1.82, 2.24) is 4.90 Å². The largest absolute Gasteiger partial charge is 0.450 e. The van der Waals surface area contributed by atoms with Crippen LogP contribution in [0.4, 0.5) is 10.5 Å². The maximum atomic E-state index is 12.4. The summed E-state index contributed by atoms with van der Waals surface area (Å²) in [5.41, 5.74) is 1.52. The van der Waals surface area contributed by atoms with Crippen LogP contribution in [0.5, 0.6) is 0 Å². The Kier molecular flexibility index (Phi) is 3.12. The lowest BCUT2D eigenvalue weighted by Gasteiger charge is -2.33. The van der Waals surface area contributed by atoms with Crippen LogP contribution in [0, 0.1) is 5.41 Å². The fraction of sp³-hybridized carbons (Fsp3) is 0.467. The standard InChI is InChI=1S/C15H18N2O3/c1-2-20-14(19)17-8-7-15(10-17)9-11-5-3-4-6-12(11)16-13(15)18/h3-6H,2,7-10H2,1H3,(H,16,18). The Morgan fingerprint density at radius 1 is 1.45 bits per heavy atom. The number of para-hydroxylation sites is 1. The summed E-state index contributed by atoms with van der Waals surface area (Å²) in [6.45, 7) is 3.16. The topological polar surface area (TPSA) is 58.6 Å². The molecule has 2 aliphatic rings. The monoisotopic (exact) mass is 274 g/mol. The molecule has 1 aromatic carbocycles. The average Bonchev–Trinajstić information content (AvgIpc) is 2.86. The zero-order chi connectivity index (χ0) is 14.2. The molecule has 5 heteroatoms. The minimum atomic E-state index is -0.499. The first-order valence-corrected chi connectivity index (χ1v) is 6.96. The summed E-state index contributed by atoms with van der Waals surface area (Å²) in [7, 11) is 0. The highest BCUT2D eigenvalue weighted by Crippen LogP contribution is 2.40. The molecule has 1 fully saturated rings. The summed E-state index contributed by atoms with van der Waals surface area (Å²) in [6.07, 6.45) is 1.05. The van der Waals surface area contributed by atoms with E-state index in [0.717, 1.165) is 11.3 Å². The Morgan fingerprint density at radius 3 is 3.05 bits per heavy atom. The number of fused-ring (bicyclic) bond motifs is 1. The Labute approximate surface area is 117 Å². The van der Waals surface area contributed by atoms with Crippen LogP contribution in [0.3, 0.4) is 0 Å². The molecule has 0 aliphatic carbocycles. The molecule has 0 radical (unpaired) electrons. The summed E-state index contributed by atoms with van der Waals surface area (Å²) in [5, 5.41) is 2.97. The van der Waals surface area contributed by atoms with Gasteiger partial charge in [-0.05, 0) is 31.4 Å². The second-order valence-corrected chi connectivity index (χ2v) is 5.44. The van der Waals surface area contributed by atoms with Gasteiger partial charge in [0.05, 0.1) is 12.0 Å². The van der Waals surface area contributed by atoms with Gasteiger partial charge < -0.3 is 15.0 Å². The molecule has 1 unspecified atom stereocenters. The molecule has 0 aromatic heterocycles. The molecule has 0 saturated carbocycles. The Morgan fingerprint density at radius 2 is 2.25 bits per heavy atom. The minimum absolute atomic E-state index is 0.0167. The SMILES string of the molecule is CCOC(=O)N1CCC2(Cc3ccccc3NC2=O)C1. The number of hydrogen-bond donors (Lipinski definition) is 1. The number of ether oxygens (including phenoxy) is 1. The van der Waals surface area contributed by atoms with E-state index in [-0.39, 0.29) is 12.0 Å². The Bertz CT molecular complexity index is 558. The van der Waals surface area contributed by atoms with Crippen molar-refractivity contribution >= 4 is 17.7 Å². The number of likely N-dealkylation sites (tertiary alicyclic amines) is 1. The number of nitrogens with one attached hydrogen (secondary N) is 1. The van der Waals surface area contributed by atoms with Gasteiger partial charge in [0, 0.05) is 18.8 Å². The number of benzene rings is 1. The summed E-state index contributed by atoms with van der Waals surface area (Å²) in [5.74, 6) is 0.0167. The number of carbonyl (C=O) groups excluding carboxylic acids is 2. The Hall–Kier alpha value is -2.04. The average molecular weight is 274 g/mol. The number of amides is 2. The molecule has 1 atom stereocenters. The van der Waals surface area contributed by atoms with Crippen LogP contribution in [0.1, 0.15) is 18.9 Å². The number of rotatable bonds is 1. The first-order valence-electron chi connectivity index (χ1n) is 6.96. The molecule has 1 N–H and O–H groups in total. The first-order chi connectivity index (χ1) is 9.64. The van der Waals surface area contributed by atoms with Crippen LogP contribution in [0.15, 0.2) is 24.3 Å². The van der Waals surface area contributed by atoms with Gasteiger partial charge in [-0.25, -0.2) is 4.79 Å². The fourth-order valence-electron chi connectivity index (χ4n) is 3.07. The van der Waals surface area contributed by atoms with Gasteiger partial charge >= 0.3 is 6.09 Å². The van der Waals surface area contributed by atoms with E-state index in [1.165, 1.54) is 0 Å². The zero-order valence-corrected chi connectivity index (χ0v) is 11.5. The van der Waals surface area contributed by atoms with Crippen LogP contribution < -0.4 is 5.32 Å². The van der Waals surface area contributed by atoms with Crippen molar-refractivity contribution in [3.8, 4) is 0 Å². The molecule has 20 heavy (non-hydrogen) atoms. The lowest BCUT2D eigenvalue weighted by molar-refractivity contribution is -0.125. The van der Waals surface area contributed by atoms with Crippen LogP contribution in [0.25, 0.3) is 0 Å². The molecule has 1 aromatic rings. The molecule has 1 spiro atoms. The molecule has 2 aliphatic heterocycles. The fourth-order valence-corrected chi connectivity index (χ4v) is 3.07.